The Hall–Kier alpha value is -2.50. The molecule has 1 aromatic heterocycles. The van der Waals surface area contributed by atoms with E-state index in [9.17, 15) is 0 Å². The van der Waals surface area contributed by atoms with Gasteiger partial charge in [0.1, 0.15) is 28.6 Å². The van der Waals surface area contributed by atoms with Crippen LogP contribution in [0.4, 0.5) is 5.82 Å². The summed E-state index contributed by atoms with van der Waals surface area (Å²) in [6, 6.07) is 5.33. The number of nitrogens with one attached hydrogen (secondary N) is 1. The Balaban J connectivity index is 2.64. The molecule has 0 aliphatic carbocycles. The number of ether oxygens (including phenoxy) is 3. The number of hydrogen-bond acceptors (Lipinski definition) is 6. The first-order valence-corrected chi connectivity index (χ1v) is 6.04. The second-order valence-corrected chi connectivity index (χ2v) is 3.92. The minimum Gasteiger partial charge on any atom is -0.496 e. The molecule has 0 saturated heterocycles. The van der Waals surface area contributed by atoms with E-state index in [2.05, 4.69) is 15.3 Å². The molecule has 2 rings (SSSR count). The average Bonchev–Trinajstić information content (AvgIpc) is 2.53. The molecule has 0 aliphatic heterocycles. The topological polar surface area (TPSA) is 65.5 Å². The summed E-state index contributed by atoms with van der Waals surface area (Å²) in [6.45, 7) is 0. The molecule has 0 atom stereocenters. The monoisotopic (exact) mass is 275 g/mol. The van der Waals surface area contributed by atoms with Gasteiger partial charge >= 0.3 is 0 Å². The van der Waals surface area contributed by atoms with Gasteiger partial charge in [0.05, 0.1) is 21.3 Å². The summed E-state index contributed by atoms with van der Waals surface area (Å²) >= 11 is 0. The van der Waals surface area contributed by atoms with E-state index in [1.54, 1.807) is 52.8 Å². The lowest BCUT2D eigenvalue weighted by molar-refractivity contribution is 0.377. The van der Waals surface area contributed by atoms with Crippen LogP contribution in [0.1, 0.15) is 0 Å². The molecule has 1 N–H and O–H groups in total. The third kappa shape index (κ3) is 2.59. The zero-order valence-corrected chi connectivity index (χ0v) is 11.9. The number of rotatable bonds is 5. The van der Waals surface area contributed by atoms with Crippen LogP contribution in [0.5, 0.6) is 17.2 Å². The molecule has 1 aromatic carbocycles. The summed E-state index contributed by atoms with van der Waals surface area (Å²) in [5.41, 5.74) is 0.688. The van der Waals surface area contributed by atoms with Gasteiger partial charge in [0.25, 0.3) is 0 Å². The Morgan fingerprint density at radius 2 is 1.65 bits per heavy atom. The predicted octanol–water partition coefficient (Wildman–Crippen LogP) is 2.21. The summed E-state index contributed by atoms with van der Waals surface area (Å²) in [5, 5.41) is 2.98. The molecule has 0 radical (unpaired) electrons. The fourth-order valence-corrected chi connectivity index (χ4v) is 1.84. The third-order valence-electron chi connectivity index (χ3n) is 2.85. The van der Waals surface area contributed by atoms with Crippen molar-refractivity contribution in [3.8, 4) is 28.6 Å². The molecule has 0 fully saturated rings. The van der Waals surface area contributed by atoms with Gasteiger partial charge in [-0.2, -0.15) is 0 Å². The summed E-state index contributed by atoms with van der Waals surface area (Å²) in [6.07, 6.45) is 1.68. The summed E-state index contributed by atoms with van der Waals surface area (Å²) in [5.74, 6) is 3.07. The van der Waals surface area contributed by atoms with Crippen LogP contribution in [-0.2, 0) is 0 Å². The number of nitrogens with zero attached hydrogens (tertiary/aromatic N) is 2. The first-order valence-electron chi connectivity index (χ1n) is 6.04. The number of aromatic nitrogens is 2. The highest BCUT2D eigenvalue weighted by molar-refractivity contribution is 5.74. The molecular formula is C14H17N3O3. The molecule has 20 heavy (non-hydrogen) atoms. The Labute approximate surface area is 117 Å². The van der Waals surface area contributed by atoms with Crippen molar-refractivity contribution >= 4 is 5.82 Å². The van der Waals surface area contributed by atoms with Gasteiger partial charge in [-0.15, -0.1) is 0 Å². The standard InChI is InChI=1S/C14H17N3O3/c1-15-12-5-6-16-14(17-12)13-10(19-3)7-9(18-2)8-11(13)20-4/h5-8H,1-4H3,(H,15,16,17). The maximum absolute atomic E-state index is 5.40. The van der Waals surface area contributed by atoms with Crippen molar-refractivity contribution in [3.05, 3.63) is 24.4 Å². The van der Waals surface area contributed by atoms with Gasteiger partial charge in [0, 0.05) is 25.4 Å². The lowest BCUT2D eigenvalue weighted by Crippen LogP contribution is -2.00. The molecule has 0 spiro atoms. The van der Waals surface area contributed by atoms with Crippen molar-refractivity contribution < 1.29 is 14.2 Å². The fourth-order valence-electron chi connectivity index (χ4n) is 1.84. The number of hydrogen-bond donors (Lipinski definition) is 1. The Bertz CT molecular complexity index is 577. The molecule has 0 amide bonds. The van der Waals surface area contributed by atoms with Crippen molar-refractivity contribution in [2.45, 2.75) is 0 Å². The van der Waals surface area contributed by atoms with Gasteiger partial charge in [0.2, 0.25) is 0 Å². The highest BCUT2D eigenvalue weighted by atomic mass is 16.5. The van der Waals surface area contributed by atoms with E-state index in [0.29, 0.717) is 28.6 Å². The largest absolute Gasteiger partial charge is 0.496 e. The van der Waals surface area contributed by atoms with E-state index in [-0.39, 0.29) is 0 Å². The second kappa shape index (κ2) is 6.10. The van der Waals surface area contributed by atoms with Gasteiger partial charge in [0.15, 0.2) is 5.82 Å². The Morgan fingerprint density at radius 1 is 1.00 bits per heavy atom. The highest BCUT2D eigenvalue weighted by Crippen LogP contribution is 2.40. The highest BCUT2D eigenvalue weighted by Gasteiger charge is 2.17. The minimum atomic E-state index is 0.521. The minimum absolute atomic E-state index is 0.521. The normalized spacial score (nSPS) is 10.0. The van der Waals surface area contributed by atoms with E-state index in [1.807, 2.05) is 0 Å². The molecule has 0 bridgehead atoms. The summed E-state index contributed by atoms with van der Waals surface area (Å²) in [7, 11) is 6.56. The molecule has 0 aliphatic rings. The van der Waals surface area contributed by atoms with Crippen LogP contribution in [0.2, 0.25) is 0 Å². The molecular weight excluding hydrogens is 258 g/mol. The summed E-state index contributed by atoms with van der Waals surface area (Å²) < 4.78 is 16.0. The van der Waals surface area contributed by atoms with Crippen LogP contribution in [0.3, 0.4) is 0 Å². The number of methoxy groups -OCH3 is 3. The maximum Gasteiger partial charge on any atom is 0.169 e. The lowest BCUT2D eigenvalue weighted by atomic mass is 10.1. The van der Waals surface area contributed by atoms with Gasteiger partial charge in [-0.25, -0.2) is 9.97 Å². The van der Waals surface area contributed by atoms with Crippen LogP contribution in [0.15, 0.2) is 24.4 Å². The van der Waals surface area contributed by atoms with E-state index in [1.165, 1.54) is 0 Å². The van der Waals surface area contributed by atoms with Crippen molar-refractivity contribution in [2.24, 2.45) is 0 Å². The van der Waals surface area contributed by atoms with Crippen LogP contribution in [0, 0.1) is 0 Å². The van der Waals surface area contributed by atoms with Gasteiger partial charge in [-0.05, 0) is 6.07 Å². The van der Waals surface area contributed by atoms with Crippen LogP contribution >= 0.6 is 0 Å². The molecule has 1 heterocycles. The van der Waals surface area contributed by atoms with E-state index < -0.39 is 0 Å². The van der Waals surface area contributed by atoms with E-state index in [4.69, 9.17) is 14.2 Å². The molecule has 6 nitrogen and oxygen atoms in total. The van der Waals surface area contributed by atoms with Crippen LogP contribution in [0.25, 0.3) is 11.4 Å². The summed E-state index contributed by atoms with van der Waals surface area (Å²) in [4.78, 5) is 8.69. The van der Waals surface area contributed by atoms with Gasteiger partial charge in [-0.1, -0.05) is 0 Å². The molecule has 106 valence electrons. The zero-order chi connectivity index (χ0) is 14.5. The lowest BCUT2D eigenvalue weighted by Gasteiger charge is -2.14. The molecule has 0 saturated carbocycles. The zero-order valence-electron chi connectivity index (χ0n) is 11.9. The molecule has 6 heteroatoms. The third-order valence-corrected chi connectivity index (χ3v) is 2.85. The molecule has 2 aromatic rings. The smallest absolute Gasteiger partial charge is 0.169 e. The second-order valence-electron chi connectivity index (χ2n) is 3.92. The Morgan fingerprint density at radius 3 is 2.15 bits per heavy atom. The van der Waals surface area contributed by atoms with E-state index >= 15 is 0 Å². The quantitative estimate of drug-likeness (QED) is 0.902. The van der Waals surface area contributed by atoms with Crippen LogP contribution in [-0.4, -0.2) is 38.3 Å². The fraction of sp³-hybridized carbons (Fsp3) is 0.286. The maximum atomic E-state index is 5.40. The number of benzene rings is 1. The van der Waals surface area contributed by atoms with Crippen molar-refractivity contribution in [2.75, 3.05) is 33.7 Å². The van der Waals surface area contributed by atoms with Crippen molar-refractivity contribution in [3.63, 3.8) is 0 Å². The SMILES string of the molecule is CNc1ccnc(-c2c(OC)cc(OC)cc2OC)n1. The number of anilines is 1. The predicted molar refractivity (Wildman–Crippen MR) is 76.7 cm³/mol. The van der Waals surface area contributed by atoms with Crippen LogP contribution < -0.4 is 19.5 Å². The van der Waals surface area contributed by atoms with Crippen molar-refractivity contribution in [1.29, 1.82) is 0 Å². The Kier molecular flexibility index (Phi) is 4.24. The first kappa shape index (κ1) is 13.9. The molecule has 0 unspecified atom stereocenters. The van der Waals surface area contributed by atoms with E-state index in [0.717, 1.165) is 5.82 Å². The van der Waals surface area contributed by atoms with Crippen molar-refractivity contribution in [1.82, 2.24) is 9.97 Å². The van der Waals surface area contributed by atoms with Gasteiger partial charge in [-0.3, -0.25) is 0 Å². The van der Waals surface area contributed by atoms with Gasteiger partial charge < -0.3 is 19.5 Å². The first-order chi connectivity index (χ1) is 9.73. The average molecular weight is 275 g/mol.